The number of hydrazone groups is 1. The largest absolute Gasteiger partial charge is 0.416 e. The second-order valence-corrected chi connectivity index (χ2v) is 4.75. The van der Waals surface area contributed by atoms with Crippen molar-refractivity contribution >= 4 is 17.6 Å². The van der Waals surface area contributed by atoms with Gasteiger partial charge in [0, 0.05) is 17.2 Å². The number of aryl methyl sites for hydroxylation is 1. The zero-order chi connectivity index (χ0) is 17.0. The molecule has 0 amide bonds. The molecule has 5 nitrogen and oxygen atoms in total. The minimum absolute atomic E-state index is 0.0481. The summed E-state index contributed by atoms with van der Waals surface area (Å²) in [4.78, 5) is 10.3. The molecule has 0 heterocycles. The lowest BCUT2D eigenvalue weighted by Gasteiger charge is -2.08. The predicted octanol–water partition coefficient (Wildman–Crippen LogP) is 4.37. The van der Waals surface area contributed by atoms with Gasteiger partial charge in [0.05, 0.1) is 22.4 Å². The summed E-state index contributed by atoms with van der Waals surface area (Å²) < 4.78 is 37.7. The minimum atomic E-state index is -4.43. The van der Waals surface area contributed by atoms with Gasteiger partial charge in [-0.1, -0.05) is 18.2 Å². The van der Waals surface area contributed by atoms with Crippen molar-refractivity contribution in [3.05, 3.63) is 69.3 Å². The van der Waals surface area contributed by atoms with E-state index in [1.165, 1.54) is 24.4 Å². The van der Waals surface area contributed by atoms with Crippen LogP contribution >= 0.6 is 0 Å². The van der Waals surface area contributed by atoms with Crippen molar-refractivity contribution < 1.29 is 18.1 Å². The van der Waals surface area contributed by atoms with E-state index in [9.17, 15) is 23.3 Å². The molecule has 0 bridgehead atoms. The van der Waals surface area contributed by atoms with Crippen molar-refractivity contribution in [3.8, 4) is 0 Å². The van der Waals surface area contributed by atoms with Crippen LogP contribution in [0.2, 0.25) is 0 Å². The van der Waals surface area contributed by atoms with E-state index in [1.54, 1.807) is 19.1 Å². The highest BCUT2D eigenvalue weighted by atomic mass is 19.4. The van der Waals surface area contributed by atoms with Gasteiger partial charge in [-0.15, -0.1) is 0 Å². The average molecular weight is 323 g/mol. The maximum absolute atomic E-state index is 12.6. The topological polar surface area (TPSA) is 67.5 Å². The number of anilines is 1. The van der Waals surface area contributed by atoms with Crippen LogP contribution in [0.4, 0.5) is 24.5 Å². The molecule has 8 heteroatoms. The van der Waals surface area contributed by atoms with Crippen LogP contribution in [-0.2, 0) is 6.18 Å². The second-order valence-electron chi connectivity index (χ2n) is 4.75. The molecule has 2 rings (SSSR count). The van der Waals surface area contributed by atoms with Crippen LogP contribution in [0.3, 0.4) is 0 Å². The Morgan fingerprint density at radius 2 is 1.96 bits per heavy atom. The fraction of sp³-hybridized carbons (Fsp3) is 0.133. The van der Waals surface area contributed by atoms with Gasteiger partial charge >= 0.3 is 6.18 Å². The van der Waals surface area contributed by atoms with Gasteiger partial charge in [0.2, 0.25) is 0 Å². The lowest BCUT2D eigenvalue weighted by atomic mass is 10.1. The molecule has 2 aromatic carbocycles. The predicted molar refractivity (Wildman–Crippen MR) is 80.5 cm³/mol. The molecule has 0 spiro atoms. The summed E-state index contributed by atoms with van der Waals surface area (Å²) in [7, 11) is 0. The Morgan fingerprint density at radius 1 is 1.22 bits per heavy atom. The fourth-order valence-corrected chi connectivity index (χ4v) is 1.85. The van der Waals surface area contributed by atoms with E-state index in [0.29, 0.717) is 11.1 Å². The molecule has 2 aromatic rings. The molecule has 0 radical (unpaired) electrons. The molecule has 0 aliphatic rings. The number of nitrogens with one attached hydrogen (secondary N) is 1. The highest BCUT2D eigenvalue weighted by Crippen LogP contribution is 2.30. The van der Waals surface area contributed by atoms with Gasteiger partial charge in [0.15, 0.2) is 0 Å². The molecule has 0 fully saturated rings. The number of nitro groups is 1. The molecule has 0 aliphatic carbocycles. The highest BCUT2D eigenvalue weighted by Gasteiger charge is 2.30. The van der Waals surface area contributed by atoms with Crippen LogP contribution in [0, 0.1) is 17.0 Å². The van der Waals surface area contributed by atoms with Crippen molar-refractivity contribution in [2.24, 2.45) is 5.10 Å². The normalized spacial score (nSPS) is 11.7. The first-order valence-electron chi connectivity index (χ1n) is 6.49. The molecule has 23 heavy (non-hydrogen) atoms. The number of hydrogen-bond acceptors (Lipinski definition) is 4. The average Bonchev–Trinajstić information content (AvgIpc) is 2.48. The molecule has 0 saturated heterocycles. The van der Waals surface area contributed by atoms with E-state index >= 15 is 0 Å². The van der Waals surface area contributed by atoms with E-state index in [0.717, 1.165) is 12.1 Å². The number of rotatable bonds is 4. The van der Waals surface area contributed by atoms with Crippen LogP contribution < -0.4 is 5.43 Å². The van der Waals surface area contributed by atoms with Gasteiger partial charge in [-0.25, -0.2) is 0 Å². The summed E-state index contributed by atoms with van der Waals surface area (Å²) >= 11 is 0. The summed E-state index contributed by atoms with van der Waals surface area (Å²) in [6.45, 7) is 1.61. The number of halogens is 3. The SMILES string of the molecule is Cc1ccc(C=NNc2cccc(C(F)(F)F)c2)cc1[N+](=O)[O-]. The van der Waals surface area contributed by atoms with Gasteiger partial charge in [-0.05, 0) is 25.1 Å². The zero-order valence-electron chi connectivity index (χ0n) is 12.0. The summed E-state index contributed by atoms with van der Waals surface area (Å²) in [5, 5.41) is 14.6. The van der Waals surface area contributed by atoms with Crippen molar-refractivity contribution in [3.63, 3.8) is 0 Å². The van der Waals surface area contributed by atoms with E-state index in [1.807, 2.05) is 0 Å². The Morgan fingerprint density at radius 3 is 2.61 bits per heavy atom. The first kappa shape index (κ1) is 16.5. The smallest absolute Gasteiger partial charge is 0.278 e. The molecule has 120 valence electrons. The van der Waals surface area contributed by atoms with Gasteiger partial charge in [0.25, 0.3) is 5.69 Å². The van der Waals surface area contributed by atoms with E-state index < -0.39 is 16.7 Å². The Bertz CT molecular complexity index is 758. The number of benzene rings is 2. The van der Waals surface area contributed by atoms with Crippen LogP contribution in [0.15, 0.2) is 47.6 Å². The van der Waals surface area contributed by atoms with Crippen LogP contribution in [-0.4, -0.2) is 11.1 Å². The Labute approximate surface area is 129 Å². The third kappa shape index (κ3) is 4.29. The van der Waals surface area contributed by atoms with Crippen LogP contribution in [0.5, 0.6) is 0 Å². The first-order valence-corrected chi connectivity index (χ1v) is 6.49. The molecule has 0 saturated carbocycles. The maximum Gasteiger partial charge on any atom is 0.416 e. The minimum Gasteiger partial charge on any atom is -0.278 e. The standard InChI is InChI=1S/C15H12F3N3O2/c1-10-5-6-11(7-14(10)21(22)23)9-19-20-13-4-2-3-12(8-13)15(16,17)18/h2-9,20H,1H3. The molecule has 0 atom stereocenters. The fourth-order valence-electron chi connectivity index (χ4n) is 1.85. The maximum atomic E-state index is 12.6. The lowest BCUT2D eigenvalue weighted by molar-refractivity contribution is -0.385. The molecule has 0 unspecified atom stereocenters. The molecular weight excluding hydrogens is 311 g/mol. The third-order valence-electron chi connectivity index (χ3n) is 3.03. The quantitative estimate of drug-likeness (QED) is 0.516. The van der Waals surface area contributed by atoms with Crippen LogP contribution in [0.25, 0.3) is 0 Å². The third-order valence-corrected chi connectivity index (χ3v) is 3.03. The first-order chi connectivity index (χ1) is 10.8. The van der Waals surface area contributed by atoms with Gasteiger partial charge in [0.1, 0.15) is 0 Å². The number of hydrogen-bond donors (Lipinski definition) is 1. The van der Waals surface area contributed by atoms with E-state index in [2.05, 4.69) is 10.5 Å². The monoisotopic (exact) mass is 323 g/mol. The van der Waals surface area contributed by atoms with Crippen molar-refractivity contribution in [1.82, 2.24) is 0 Å². The summed E-state index contributed by atoms with van der Waals surface area (Å²) in [5.74, 6) is 0. The number of nitrogens with zero attached hydrogens (tertiary/aromatic N) is 2. The Kier molecular flexibility index (Phi) is 4.63. The molecule has 1 N–H and O–H groups in total. The summed E-state index contributed by atoms with van der Waals surface area (Å²) in [5.41, 5.74) is 2.77. The Balaban J connectivity index is 2.13. The van der Waals surface area contributed by atoms with Crippen LogP contribution in [0.1, 0.15) is 16.7 Å². The van der Waals surface area contributed by atoms with E-state index in [4.69, 9.17) is 0 Å². The number of nitro benzene ring substituents is 1. The molecular formula is C15H12F3N3O2. The van der Waals surface area contributed by atoms with E-state index in [-0.39, 0.29) is 11.4 Å². The Hall–Kier alpha value is -2.90. The highest BCUT2D eigenvalue weighted by molar-refractivity contribution is 5.81. The molecule has 0 aromatic heterocycles. The zero-order valence-corrected chi connectivity index (χ0v) is 12.0. The molecule has 0 aliphatic heterocycles. The van der Waals surface area contributed by atoms with Crippen molar-refractivity contribution in [1.29, 1.82) is 0 Å². The van der Waals surface area contributed by atoms with Gasteiger partial charge in [-0.2, -0.15) is 18.3 Å². The summed E-state index contributed by atoms with van der Waals surface area (Å²) in [6.07, 6.45) is -3.13. The van der Waals surface area contributed by atoms with Crippen molar-refractivity contribution in [2.45, 2.75) is 13.1 Å². The van der Waals surface area contributed by atoms with Gasteiger partial charge in [-0.3, -0.25) is 15.5 Å². The second kappa shape index (κ2) is 6.47. The lowest BCUT2D eigenvalue weighted by Crippen LogP contribution is -2.05. The number of alkyl halides is 3. The summed E-state index contributed by atoms with van der Waals surface area (Å²) in [6, 6.07) is 9.12. The van der Waals surface area contributed by atoms with Gasteiger partial charge < -0.3 is 0 Å². The van der Waals surface area contributed by atoms with Crippen molar-refractivity contribution in [2.75, 3.05) is 5.43 Å².